The summed E-state index contributed by atoms with van der Waals surface area (Å²) < 4.78 is 35.9. The van der Waals surface area contributed by atoms with Crippen molar-refractivity contribution < 1.29 is 18.0 Å². The van der Waals surface area contributed by atoms with E-state index in [-0.39, 0.29) is 0 Å². The third-order valence-corrected chi connectivity index (χ3v) is 2.45. The molecule has 1 aromatic carbocycles. The van der Waals surface area contributed by atoms with E-state index in [1.165, 1.54) is 0 Å². The number of benzene rings is 1. The van der Waals surface area contributed by atoms with Crippen molar-refractivity contribution in [3.05, 3.63) is 35.4 Å². The van der Waals surface area contributed by atoms with E-state index in [0.717, 1.165) is 11.1 Å². The number of carbonyl (C=O) groups is 1. The van der Waals surface area contributed by atoms with Gasteiger partial charge in [-0.1, -0.05) is 24.3 Å². The summed E-state index contributed by atoms with van der Waals surface area (Å²) in [6, 6.07) is 6.57. The molecule has 0 bridgehead atoms. The summed E-state index contributed by atoms with van der Waals surface area (Å²) in [5, 5.41) is 2.30. The number of alkyl halides is 3. The van der Waals surface area contributed by atoms with Crippen LogP contribution in [0, 0.1) is 0 Å². The quantitative estimate of drug-likeness (QED) is 0.872. The summed E-state index contributed by atoms with van der Waals surface area (Å²) in [5.41, 5.74) is 7.09. The van der Waals surface area contributed by atoms with Gasteiger partial charge >= 0.3 is 6.18 Å². The highest BCUT2D eigenvalue weighted by atomic mass is 19.4. The maximum Gasteiger partial charge on any atom is 0.397 e. The third-order valence-electron chi connectivity index (χ3n) is 2.45. The molecule has 0 spiro atoms. The summed E-state index contributed by atoms with van der Waals surface area (Å²) in [6.45, 7) is 2.03. The van der Waals surface area contributed by atoms with E-state index in [4.69, 9.17) is 5.73 Å². The Morgan fingerprint density at radius 2 is 1.89 bits per heavy atom. The van der Waals surface area contributed by atoms with Crippen LogP contribution >= 0.6 is 0 Å². The van der Waals surface area contributed by atoms with Crippen LogP contribution in [0.3, 0.4) is 0 Å². The van der Waals surface area contributed by atoms with Gasteiger partial charge in [-0.3, -0.25) is 4.79 Å². The highest BCUT2D eigenvalue weighted by Crippen LogP contribution is 2.20. The van der Waals surface area contributed by atoms with Gasteiger partial charge in [0.15, 0.2) is 0 Å². The van der Waals surface area contributed by atoms with Crippen LogP contribution < -0.4 is 11.1 Å². The van der Waals surface area contributed by atoms with Gasteiger partial charge in [0.05, 0.1) is 6.04 Å². The average molecular weight is 260 g/mol. The van der Waals surface area contributed by atoms with Crippen LogP contribution in [-0.2, 0) is 11.3 Å². The molecule has 3 N–H and O–H groups in total. The van der Waals surface area contributed by atoms with E-state index >= 15 is 0 Å². The number of rotatable bonds is 4. The van der Waals surface area contributed by atoms with Crippen LogP contribution in [0.1, 0.15) is 30.5 Å². The monoisotopic (exact) mass is 260 g/mol. The van der Waals surface area contributed by atoms with Gasteiger partial charge in [0.2, 0.25) is 5.91 Å². The normalized spacial score (nSPS) is 13.2. The van der Waals surface area contributed by atoms with E-state index in [1.807, 2.05) is 0 Å². The summed E-state index contributed by atoms with van der Waals surface area (Å²) in [5.74, 6) is -1.03. The minimum Gasteiger partial charge on any atom is -0.349 e. The van der Waals surface area contributed by atoms with Gasteiger partial charge in [0.1, 0.15) is 6.42 Å². The highest BCUT2D eigenvalue weighted by Gasteiger charge is 2.31. The Morgan fingerprint density at radius 3 is 2.33 bits per heavy atom. The van der Waals surface area contributed by atoms with E-state index in [9.17, 15) is 18.0 Å². The molecule has 1 amide bonds. The Balaban J connectivity index is 2.59. The molecule has 0 heterocycles. The molecule has 6 heteroatoms. The van der Waals surface area contributed by atoms with Crippen molar-refractivity contribution in [3.8, 4) is 0 Å². The largest absolute Gasteiger partial charge is 0.397 e. The second-order valence-electron chi connectivity index (χ2n) is 4.03. The van der Waals surface area contributed by atoms with Crippen molar-refractivity contribution in [3.63, 3.8) is 0 Å². The number of amides is 1. The summed E-state index contributed by atoms with van der Waals surface area (Å²) in [6.07, 6.45) is -5.94. The molecule has 1 unspecified atom stereocenters. The molecular formula is C12H15F3N2O. The van der Waals surface area contributed by atoms with Gasteiger partial charge in [-0.05, 0) is 18.1 Å². The van der Waals surface area contributed by atoms with Crippen LogP contribution in [0.5, 0.6) is 0 Å². The molecule has 100 valence electrons. The molecule has 0 fully saturated rings. The van der Waals surface area contributed by atoms with Crippen molar-refractivity contribution in [2.45, 2.75) is 32.1 Å². The van der Waals surface area contributed by atoms with Crippen molar-refractivity contribution >= 4 is 5.91 Å². The van der Waals surface area contributed by atoms with Gasteiger partial charge in [-0.2, -0.15) is 13.2 Å². The second kappa shape index (κ2) is 5.86. The first-order valence-corrected chi connectivity index (χ1v) is 5.47. The zero-order valence-corrected chi connectivity index (χ0v) is 9.92. The molecule has 0 saturated carbocycles. The lowest BCUT2D eigenvalue weighted by Crippen LogP contribution is -2.30. The third kappa shape index (κ3) is 4.75. The van der Waals surface area contributed by atoms with E-state index in [2.05, 4.69) is 5.32 Å². The van der Waals surface area contributed by atoms with Gasteiger partial charge in [-0.25, -0.2) is 0 Å². The first-order valence-electron chi connectivity index (χ1n) is 5.47. The topological polar surface area (TPSA) is 55.1 Å². The molecule has 0 aliphatic carbocycles. The van der Waals surface area contributed by atoms with E-state index < -0.39 is 24.5 Å². The van der Waals surface area contributed by atoms with Crippen LogP contribution in [0.4, 0.5) is 13.2 Å². The molecular weight excluding hydrogens is 245 g/mol. The summed E-state index contributed by atoms with van der Waals surface area (Å²) in [4.78, 5) is 11.1. The number of hydrogen-bond donors (Lipinski definition) is 2. The first-order chi connectivity index (χ1) is 8.31. The fourth-order valence-corrected chi connectivity index (χ4v) is 1.50. The molecule has 0 radical (unpaired) electrons. The minimum absolute atomic E-state index is 0.398. The second-order valence-corrected chi connectivity index (χ2v) is 4.03. The Morgan fingerprint density at radius 1 is 1.33 bits per heavy atom. The van der Waals surface area contributed by atoms with Crippen molar-refractivity contribution in [2.75, 3.05) is 0 Å². The van der Waals surface area contributed by atoms with Crippen LogP contribution in [0.15, 0.2) is 24.3 Å². The number of carbonyl (C=O) groups excluding carboxylic acids is 1. The standard InChI is InChI=1S/C12H15F3N2O/c1-8(17-11(18)6-12(13,14)15)10-4-2-9(7-16)3-5-10/h2-5,8H,6-7,16H2,1H3,(H,17,18). The predicted octanol–water partition coefficient (Wildman–Crippen LogP) is 2.27. The SMILES string of the molecule is CC(NC(=O)CC(F)(F)F)c1ccc(CN)cc1. The summed E-state index contributed by atoms with van der Waals surface area (Å²) in [7, 11) is 0. The maximum atomic E-state index is 12.0. The van der Waals surface area contributed by atoms with Gasteiger partial charge in [-0.15, -0.1) is 0 Å². The molecule has 1 aromatic rings. The molecule has 0 aliphatic heterocycles. The lowest BCUT2D eigenvalue weighted by Gasteiger charge is -2.15. The number of nitrogens with two attached hydrogens (primary N) is 1. The molecule has 1 atom stereocenters. The van der Waals surface area contributed by atoms with Crippen LogP contribution in [0.25, 0.3) is 0 Å². The lowest BCUT2D eigenvalue weighted by molar-refractivity contribution is -0.154. The van der Waals surface area contributed by atoms with Gasteiger partial charge in [0, 0.05) is 6.54 Å². The smallest absolute Gasteiger partial charge is 0.349 e. The molecule has 1 rings (SSSR count). The molecule has 3 nitrogen and oxygen atoms in total. The van der Waals surface area contributed by atoms with Gasteiger partial charge < -0.3 is 11.1 Å². The Labute approximate surface area is 103 Å². The number of halogens is 3. The minimum atomic E-state index is -4.48. The first kappa shape index (κ1) is 14.5. The molecule has 18 heavy (non-hydrogen) atoms. The zero-order chi connectivity index (χ0) is 13.8. The van der Waals surface area contributed by atoms with Crippen molar-refractivity contribution in [1.82, 2.24) is 5.32 Å². The van der Waals surface area contributed by atoms with Gasteiger partial charge in [0.25, 0.3) is 0 Å². The maximum absolute atomic E-state index is 12.0. The van der Waals surface area contributed by atoms with Crippen molar-refractivity contribution in [1.29, 1.82) is 0 Å². The Bertz CT molecular complexity index is 401. The predicted molar refractivity (Wildman–Crippen MR) is 61.6 cm³/mol. The number of hydrogen-bond acceptors (Lipinski definition) is 2. The van der Waals surface area contributed by atoms with Crippen LogP contribution in [0.2, 0.25) is 0 Å². The van der Waals surface area contributed by atoms with Crippen molar-refractivity contribution in [2.24, 2.45) is 5.73 Å². The fraction of sp³-hybridized carbons (Fsp3) is 0.417. The average Bonchev–Trinajstić information content (AvgIpc) is 2.26. The Hall–Kier alpha value is -1.56. The fourth-order valence-electron chi connectivity index (χ4n) is 1.50. The zero-order valence-electron chi connectivity index (χ0n) is 9.92. The summed E-state index contributed by atoms with van der Waals surface area (Å²) >= 11 is 0. The van der Waals surface area contributed by atoms with Crippen LogP contribution in [-0.4, -0.2) is 12.1 Å². The lowest BCUT2D eigenvalue weighted by atomic mass is 10.1. The highest BCUT2D eigenvalue weighted by molar-refractivity contribution is 5.77. The molecule has 0 aliphatic rings. The van der Waals surface area contributed by atoms with E-state index in [1.54, 1.807) is 31.2 Å². The number of nitrogens with one attached hydrogen (secondary N) is 1. The molecule has 0 saturated heterocycles. The Kier molecular flexibility index (Phi) is 4.72. The van der Waals surface area contributed by atoms with E-state index in [0.29, 0.717) is 6.54 Å². The molecule has 0 aromatic heterocycles.